The molecule has 6 nitrogen and oxygen atoms in total. The van der Waals surface area contributed by atoms with Crippen molar-refractivity contribution in [3.05, 3.63) is 30.1 Å². The second kappa shape index (κ2) is 12.5. The lowest BCUT2D eigenvalue weighted by molar-refractivity contribution is -0.0320. The summed E-state index contributed by atoms with van der Waals surface area (Å²) in [6.45, 7) is 5.74. The molecule has 0 aromatic heterocycles. The molecule has 2 N–H and O–H groups in total. The summed E-state index contributed by atoms with van der Waals surface area (Å²) in [5.41, 5.74) is 0. The lowest BCUT2D eigenvalue weighted by atomic mass is 10.1. The fraction of sp³-hybridized carbons (Fsp3) is 0.650. The van der Waals surface area contributed by atoms with Crippen LogP contribution in [0.3, 0.4) is 0 Å². The van der Waals surface area contributed by atoms with Gasteiger partial charge in [0.25, 0.3) is 0 Å². The molecule has 1 aromatic rings. The topological polar surface area (TPSA) is 64.1 Å². The zero-order valence-corrected chi connectivity index (χ0v) is 16.4. The third kappa shape index (κ3) is 8.58. The van der Waals surface area contributed by atoms with Gasteiger partial charge in [-0.2, -0.15) is 0 Å². The Morgan fingerprint density at radius 1 is 1.33 bits per heavy atom. The molecule has 0 amide bonds. The van der Waals surface area contributed by atoms with Crippen LogP contribution >= 0.6 is 0 Å². The van der Waals surface area contributed by atoms with Crippen LogP contribution in [0.1, 0.15) is 32.6 Å². The Morgan fingerprint density at radius 3 is 2.85 bits per heavy atom. The lowest BCUT2D eigenvalue weighted by Crippen LogP contribution is -2.43. The average molecular weight is 381 g/mol. The van der Waals surface area contributed by atoms with E-state index >= 15 is 0 Å². The molecule has 1 fully saturated rings. The van der Waals surface area contributed by atoms with Crippen molar-refractivity contribution in [1.82, 2.24) is 10.6 Å². The average Bonchev–Trinajstić information content (AvgIpc) is 2.69. The number of nitrogens with zero attached hydrogens (tertiary/aromatic N) is 1. The van der Waals surface area contributed by atoms with E-state index in [0.29, 0.717) is 18.4 Å². The van der Waals surface area contributed by atoms with Crippen molar-refractivity contribution in [3.8, 4) is 5.75 Å². The fourth-order valence-electron chi connectivity index (χ4n) is 2.80. The molecule has 1 atom stereocenters. The molecule has 152 valence electrons. The molecular weight excluding hydrogens is 349 g/mol. The number of hydrogen-bond donors (Lipinski definition) is 2. The highest BCUT2D eigenvalue weighted by molar-refractivity contribution is 5.79. The molecule has 1 unspecified atom stereocenters. The van der Waals surface area contributed by atoms with Crippen molar-refractivity contribution >= 4 is 5.96 Å². The maximum absolute atomic E-state index is 13.3. The minimum Gasteiger partial charge on any atom is -0.489 e. The zero-order valence-electron chi connectivity index (χ0n) is 16.4. The number of ether oxygens (including phenoxy) is 3. The molecule has 0 radical (unpaired) electrons. The van der Waals surface area contributed by atoms with Gasteiger partial charge in [-0.15, -0.1) is 0 Å². The predicted octanol–water partition coefficient (Wildman–Crippen LogP) is 2.73. The molecule has 0 saturated carbocycles. The van der Waals surface area contributed by atoms with E-state index in [1.165, 1.54) is 12.1 Å². The first-order valence-corrected chi connectivity index (χ1v) is 9.77. The van der Waals surface area contributed by atoms with Crippen molar-refractivity contribution in [2.45, 2.75) is 44.8 Å². The minimum atomic E-state index is -0.296. The normalized spacial score (nSPS) is 16.8. The van der Waals surface area contributed by atoms with Gasteiger partial charge in [-0.25, -0.2) is 4.39 Å². The van der Waals surface area contributed by atoms with E-state index in [-0.39, 0.29) is 11.9 Å². The van der Waals surface area contributed by atoms with Gasteiger partial charge in [0.15, 0.2) is 5.96 Å². The van der Waals surface area contributed by atoms with Crippen molar-refractivity contribution in [2.24, 2.45) is 4.99 Å². The van der Waals surface area contributed by atoms with Crippen molar-refractivity contribution in [3.63, 3.8) is 0 Å². The van der Waals surface area contributed by atoms with Crippen LogP contribution in [-0.4, -0.2) is 58.1 Å². The first-order chi connectivity index (χ1) is 13.2. The van der Waals surface area contributed by atoms with E-state index < -0.39 is 0 Å². The van der Waals surface area contributed by atoms with Gasteiger partial charge < -0.3 is 24.8 Å². The summed E-state index contributed by atoms with van der Waals surface area (Å²) < 4.78 is 30.3. The van der Waals surface area contributed by atoms with E-state index in [0.717, 1.165) is 58.0 Å². The van der Waals surface area contributed by atoms with Gasteiger partial charge >= 0.3 is 0 Å². The van der Waals surface area contributed by atoms with Crippen LogP contribution in [0.4, 0.5) is 4.39 Å². The van der Waals surface area contributed by atoms with Gasteiger partial charge in [-0.1, -0.05) is 13.0 Å². The van der Waals surface area contributed by atoms with Gasteiger partial charge in [0.2, 0.25) is 0 Å². The number of rotatable bonds is 10. The second-order valence-electron chi connectivity index (χ2n) is 6.52. The van der Waals surface area contributed by atoms with Crippen LogP contribution < -0.4 is 15.4 Å². The van der Waals surface area contributed by atoms with Crippen molar-refractivity contribution < 1.29 is 18.6 Å². The number of nitrogens with one attached hydrogen (secondary N) is 2. The summed E-state index contributed by atoms with van der Waals surface area (Å²) in [5, 5.41) is 6.54. The zero-order chi connectivity index (χ0) is 19.3. The summed E-state index contributed by atoms with van der Waals surface area (Å²) in [6.07, 6.45) is 3.96. The fourth-order valence-corrected chi connectivity index (χ4v) is 2.80. The molecule has 1 heterocycles. The van der Waals surface area contributed by atoms with Crippen LogP contribution in [0.2, 0.25) is 0 Å². The van der Waals surface area contributed by atoms with Gasteiger partial charge in [0.05, 0.1) is 12.6 Å². The van der Waals surface area contributed by atoms with E-state index in [9.17, 15) is 4.39 Å². The van der Waals surface area contributed by atoms with E-state index in [2.05, 4.69) is 15.6 Å². The van der Waals surface area contributed by atoms with Gasteiger partial charge in [0.1, 0.15) is 17.7 Å². The Labute approximate surface area is 161 Å². The third-order valence-electron chi connectivity index (χ3n) is 4.41. The number of aliphatic imine (C=N–C) groups is 1. The highest BCUT2D eigenvalue weighted by Gasteiger charge is 2.13. The first kappa shape index (κ1) is 21.4. The van der Waals surface area contributed by atoms with Crippen LogP contribution in [0.5, 0.6) is 5.75 Å². The molecule has 7 heteroatoms. The number of halogens is 1. The first-order valence-electron chi connectivity index (χ1n) is 9.77. The van der Waals surface area contributed by atoms with Crippen molar-refractivity contribution in [2.75, 3.05) is 40.0 Å². The lowest BCUT2D eigenvalue weighted by Gasteiger charge is -2.22. The standard InChI is InChI=1S/C20H32FN3O3/c1-3-17(27-19-7-4-6-16(21)14-19)15-24-20(22-2)23-10-5-11-26-18-8-12-25-13-9-18/h4,6-7,14,17-18H,3,5,8-13,15H2,1-2H3,(H2,22,23,24). The molecule has 2 rings (SSSR count). The van der Waals surface area contributed by atoms with Gasteiger partial charge in [-0.05, 0) is 37.8 Å². The maximum Gasteiger partial charge on any atom is 0.191 e. The molecule has 0 bridgehead atoms. The Hall–Kier alpha value is -1.86. The monoisotopic (exact) mass is 381 g/mol. The molecule has 1 saturated heterocycles. The summed E-state index contributed by atoms with van der Waals surface area (Å²) >= 11 is 0. The molecule has 0 spiro atoms. The number of benzene rings is 1. The molecule has 1 aliphatic heterocycles. The largest absolute Gasteiger partial charge is 0.489 e. The Balaban J connectivity index is 1.61. The summed E-state index contributed by atoms with van der Waals surface area (Å²) in [6, 6.07) is 6.21. The third-order valence-corrected chi connectivity index (χ3v) is 4.41. The van der Waals surface area contributed by atoms with E-state index in [1.54, 1.807) is 19.2 Å². The van der Waals surface area contributed by atoms with Crippen LogP contribution in [0, 0.1) is 5.82 Å². The number of guanidine groups is 1. The summed E-state index contributed by atoms with van der Waals surface area (Å²) in [5.74, 6) is 0.968. The number of hydrogen-bond acceptors (Lipinski definition) is 4. The van der Waals surface area contributed by atoms with Gasteiger partial charge in [0, 0.05) is 39.5 Å². The highest BCUT2D eigenvalue weighted by atomic mass is 19.1. The molecule has 0 aliphatic carbocycles. The smallest absolute Gasteiger partial charge is 0.191 e. The van der Waals surface area contributed by atoms with Gasteiger partial charge in [-0.3, -0.25) is 4.99 Å². The van der Waals surface area contributed by atoms with E-state index in [4.69, 9.17) is 14.2 Å². The Kier molecular flexibility index (Phi) is 9.94. The SMILES string of the molecule is CCC(CNC(=NC)NCCCOC1CCOCC1)Oc1cccc(F)c1. The minimum absolute atomic E-state index is 0.0674. The van der Waals surface area contributed by atoms with Crippen LogP contribution in [0.15, 0.2) is 29.3 Å². The maximum atomic E-state index is 13.3. The Bertz CT molecular complexity index is 565. The Morgan fingerprint density at radius 2 is 2.15 bits per heavy atom. The summed E-state index contributed by atoms with van der Waals surface area (Å²) in [7, 11) is 1.74. The molecule has 1 aliphatic rings. The van der Waals surface area contributed by atoms with Crippen LogP contribution in [0.25, 0.3) is 0 Å². The molecule has 27 heavy (non-hydrogen) atoms. The molecular formula is C20H32FN3O3. The summed E-state index contributed by atoms with van der Waals surface area (Å²) in [4.78, 5) is 4.22. The predicted molar refractivity (Wildman–Crippen MR) is 105 cm³/mol. The van der Waals surface area contributed by atoms with Crippen molar-refractivity contribution in [1.29, 1.82) is 0 Å². The quantitative estimate of drug-likeness (QED) is 0.371. The van der Waals surface area contributed by atoms with Crippen LogP contribution in [-0.2, 0) is 9.47 Å². The highest BCUT2D eigenvalue weighted by Crippen LogP contribution is 2.14. The second-order valence-corrected chi connectivity index (χ2v) is 6.52. The molecule has 1 aromatic carbocycles. The van der Waals surface area contributed by atoms with E-state index in [1.807, 2.05) is 6.92 Å².